The highest BCUT2D eigenvalue weighted by atomic mass is 16.2. The monoisotopic (exact) mass is 410 g/mol. The van der Waals surface area contributed by atoms with Crippen molar-refractivity contribution in [3.8, 4) is 0 Å². The van der Waals surface area contributed by atoms with E-state index in [1.807, 2.05) is 7.05 Å². The van der Waals surface area contributed by atoms with Gasteiger partial charge in [0.1, 0.15) is 11.6 Å². The van der Waals surface area contributed by atoms with Crippen molar-refractivity contribution >= 4 is 11.7 Å². The molecule has 4 rings (SSSR count). The van der Waals surface area contributed by atoms with Gasteiger partial charge >= 0.3 is 0 Å². The number of anilines is 1. The minimum Gasteiger partial charge on any atom is -0.300 e. The van der Waals surface area contributed by atoms with E-state index < -0.39 is 0 Å². The summed E-state index contributed by atoms with van der Waals surface area (Å²) in [6.07, 6.45) is 3.40. The van der Waals surface area contributed by atoms with E-state index in [1.165, 1.54) is 11.3 Å². The largest absolute Gasteiger partial charge is 0.300 e. The van der Waals surface area contributed by atoms with E-state index in [9.17, 15) is 4.79 Å². The Morgan fingerprint density at radius 3 is 2.37 bits per heavy atom. The van der Waals surface area contributed by atoms with Gasteiger partial charge in [-0.1, -0.05) is 0 Å². The molecule has 162 valence electrons. The van der Waals surface area contributed by atoms with Crippen LogP contribution in [0.3, 0.4) is 0 Å². The smallest absolute Gasteiger partial charge is 0.228 e. The number of rotatable bonds is 4. The van der Waals surface area contributed by atoms with Gasteiger partial charge in [0.2, 0.25) is 5.91 Å². The number of amides is 1. The summed E-state index contributed by atoms with van der Waals surface area (Å²) in [5.41, 5.74) is 5.95. The number of piperidine rings is 1. The maximum atomic E-state index is 12.1. The van der Waals surface area contributed by atoms with Gasteiger partial charge in [-0.05, 0) is 67.0 Å². The van der Waals surface area contributed by atoms with Crippen molar-refractivity contribution in [3.05, 3.63) is 34.0 Å². The maximum absolute atomic E-state index is 12.1. The zero-order chi connectivity index (χ0) is 21.6. The van der Waals surface area contributed by atoms with Crippen LogP contribution >= 0.6 is 0 Å². The van der Waals surface area contributed by atoms with Crippen molar-refractivity contribution in [1.82, 2.24) is 24.6 Å². The minimum absolute atomic E-state index is 0.147. The highest BCUT2D eigenvalue weighted by Gasteiger charge is 2.29. The van der Waals surface area contributed by atoms with Crippen molar-refractivity contribution < 1.29 is 4.79 Å². The normalized spacial score (nSPS) is 18.4. The van der Waals surface area contributed by atoms with Crippen LogP contribution in [-0.2, 0) is 17.8 Å². The molecule has 0 aliphatic carbocycles. The van der Waals surface area contributed by atoms with E-state index in [4.69, 9.17) is 15.1 Å². The number of fused-ring (bicyclic) bond motifs is 1. The van der Waals surface area contributed by atoms with Crippen molar-refractivity contribution in [3.63, 3.8) is 0 Å². The first-order valence-corrected chi connectivity index (χ1v) is 11.2. The zero-order valence-electron chi connectivity index (χ0n) is 19.2. The van der Waals surface area contributed by atoms with Crippen molar-refractivity contribution in [2.75, 3.05) is 25.0 Å². The van der Waals surface area contributed by atoms with Gasteiger partial charge in [0.25, 0.3) is 0 Å². The second-order valence-electron chi connectivity index (χ2n) is 9.16. The number of hydrogen-bond acceptors (Lipinski definition) is 5. The molecule has 2 aromatic rings. The fraction of sp³-hybridized carbons (Fsp3) is 0.652. The van der Waals surface area contributed by atoms with Gasteiger partial charge in [-0.25, -0.2) is 9.97 Å². The van der Waals surface area contributed by atoms with Crippen LogP contribution in [0.2, 0.25) is 0 Å². The number of nitrogens with zero attached hydrogens (tertiary/aromatic N) is 6. The second-order valence-corrected chi connectivity index (χ2v) is 9.16. The van der Waals surface area contributed by atoms with Gasteiger partial charge < -0.3 is 0 Å². The van der Waals surface area contributed by atoms with Crippen LogP contribution in [0.15, 0.2) is 0 Å². The van der Waals surface area contributed by atoms with Gasteiger partial charge in [0, 0.05) is 54.5 Å². The van der Waals surface area contributed by atoms with Crippen LogP contribution < -0.4 is 4.90 Å². The van der Waals surface area contributed by atoms with Crippen LogP contribution in [0.5, 0.6) is 0 Å². The molecule has 0 saturated carbocycles. The Morgan fingerprint density at radius 1 is 1.03 bits per heavy atom. The predicted octanol–water partition coefficient (Wildman–Crippen LogP) is 3.47. The summed E-state index contributed by atoms with van der Waals surface area (Å²) in [7, 11) is 1.83. The summed E-state index contributed by atoms with van der Waals surface area (Å²) >= 11 is 0. The Bertz CT molecular complexity index is 955. The number of carbonyl (C=O) groups excluding carboxylic acids is 1. The maximum Gasteiger partial charge on any atom is 0.228 e. The Morgan fingerprint density at radius 2 is 1.73 bits per heavy atom. The minimum atomic E-state index is 0.147. The third-order valence-corrected chi connectivity index (χ3v) is 6.79. The number of hydrogen-bond donors (Lipinski definition) is 0. The summed E-state index contributed by atoms with van der Waals surface area (Å²) < 4.78 is 2.14. The standard InChI is InChI=1S/C23H34N6O/c1-14(2)29-17(5)20(16(4)26-29)13-28-11-9-18(10-12-28)22-24-15(3)19-7-8-21(30)27(6)23(19)25-22/h14,18H,7-13H2,1-6H3. The highest BCUT2D eigenvalue weighted by molar-refractivity contribution is 5.94. The molecule has 0 atom stereocenters. The topological polar surface area (TPSA) is 67.2 Å². The molecule has 0 spiro atoms. The molecule has 0 N–H and O–H groups in total. The molecule has 0 radical (unpaired) electrons. The average Bonchev–Trinajstić information content (AvgIpc) is 3.00. The van der Waals surface area contributed by atoms with E-state index in [1.54, 1.807) is 4.90 Å². The molecule has 30 heavy (non-hydrogen) atoms. The van der Waals surface area contributed by atoms with Crippen LogP contribution in [0.25, 0.3) is 0 Å². The number of aryl methyl sites for hydroxylation is 2. The Labute approximate surface area is 179 Å². The summed E-state index contributed by atoms with van der Waals surface area (Å²) in [5.74, 6) is 2.24. The van der Waals surface area contributed by atoms with Crippen molar-refractivity contribution in [2.45, 2.75) is 78.8 Å². The van der Waals surface area contributed by atoms with E-state index in [-0.39, 0.29) is 5.91 Å². The second kappa shape index (κ2) is 8.10. The van der Waals surface area contributed by atoms with Crippen LogP contribution in [-0.4, -0.2) is 50.7 Å². The molecule has 0 aromatic carbocycles. The molecule has 0 unspecified atom stereocenters. The Balaban J connectivity index is 1.46. The highest BCUT2D eigenvalue weighted by Crippen LogP contribution is 2.32. The van der Waals surface area contributed by atoms with Gasteiger partial charge in [-0.15, -0.1) is 0 Å². The molecule has 1 amide bonds. The van der Waals surface area contributed by atoms with Gasteiger partial charge in [0.05, 0.1) is 5.69 Å². The molecular weight excluding hydrogens is 376 g/mol. The van der Waals surface area contributed by atoms with Gasteiger partial charge in [-0.2, -0.15) is 5.10 Å². The molecule has 4 heterocycles. The Kier molecular flexibility index (Phi) is 5.66. The predicted molar refractivity (Wildman–Crippen MR) is 118 cm³/mol. The van der Waals surface area contributed by atoms with Crippen molar-refractivity contribution in [1.29, 1.82) is 0 Å². The average molecular weight is 411 g/mol. The van der Waals surface area contributed by atoms with E-state index in [0.717, 1.165) is 67.5 Å². The first-order valence-electron chi connectivity index (χ1n) is 11.2. The lowest BCUT2D eigenvalue weighted by atomic mass is 9.94. The molecule has 7 nitrogen and oxygen atoms in total. The summed E-state index contributed by atoms with van der Waals surface area (Å²) in [6, 6.07) is 0.387. The third-order valence-electron chi connectivity index (χ3n) is 6.79. The van der Waals surface area contributed by atoms with E-state index >= 15 is 0 Å². The van der Waals surface area contributed by atoms with E-state index in [0.29, 0.717) is 18.4 Å². The van der Waals surface area contributed by atoms with Crippen LogP contribution in [0.4, 0.5) is 5.82 Å². The number of aromatic nitrogens is 4. The molecule has 2 aliphatic rings. The zero-order valence-corrected chi connectivity index (χ0v) is 19.2. The Hall–Kier alpha value is -2.28. The fourth-order valence-electron chi connectivity index (χ4n) is 4.87. The molecule has 1 saturated heterocycles. The summed E-state index contributed by atoms with van der Waals surface area (Å²) in [4.78, 5) is 26.1. The summed E-state index contributed by atoms with van der Waals surface area (Å²) in [5, 5.41) is 4.74. The van der Waals surface area contributed by atoms with Crippen LogP contribution in [0.1, 0.15) is 79.1 Å². The lowest BCUT2D eigenvalue weighted by molar-refractivity contribution is -0.118. The van der Waals surface area contributed by atoms with Gasteiger partial charge in [-0.3, -0.25) is 19.3 Å². The third kappa shape index (κ3) is 3.75. The molecule has 2 aromatic heterocycles. The van der Waals surface area contributed by atoms with Gasteiger partial charge in [0.15, 0.2) is 0 Å². The number of carbonyl (C=O) groups is 1. The first-order chi connectivity index (χ1) is 14.3. The quantitative estimate of drug-likeness (QED) is 0.772. The summed E-state index contributed by atoms with van der Waals surface area (Å²) in [6.45, 7) is 13.7. The van der Waals surface area contributed by atoms with Crippen LogP contribution in [0, 0.1) is 20.8 Å². The molecule has 1 fully saturated rings. The van der Waals surface area contributed by atoms with E-state index in [2.05, 4.69) is 44.2 Å². The lowest BCUT2D eigenvalue weighted by Gasteiger charge is -2.32. The number of likely N-dealkylation sites (tertiary alicyclic amines) is 1. The molecule has 2 aliphatic heterocycles. The SMILES string of the molecule is Cc1nc(C2CCN(Cc3c(C)nn(C(C)C)c3C)CC2)nc2c1CCC(=O)N2C. The lowest BCUT2D eigenvalue weighted by Crippen LogP contribution is -2.35. The molecule has 0 bridgehead atoms. The molecule has 7 heteroatoms. The molecular formula is C23H34N6O. The van der Waals surface area contributed by atoms with Crippen molar-refractivity contribution in [2.24, 2.45) is 0 Å². The fourth-order valence-corrected chi connectivity index (χ4v) is 4.87. The first kappa shape index (κ1) is 21.0.